The highest BCUT2D eigenvalue weighted by atomic mass is 16.6. The lowest BCUT2D eigenvalue weighted by Gasteiger charge is -2.20. The van der Waals surface area contributed by atoms with E-state index in [0.717, 1.165) is 11.1 Å². The third-order valence-corrected chi connectivity index (χ3v) is 2.02. The maximum atomic E-state index is 11.6. The van der Waals surface area contributed by atoms with Gasteiger partial charge in [-0.25, -0.2) is 4.79 Å². The number of carbonyl (C=O) groups excluding carboxylic acids is 1. The maximum Gasteiger partial charge on any atom is 0.412 e. The summed E-state index contributed by atoms with van der Waals surface area (Å²) in [4.78, 5) is 11.6. The zero-order valence-corrected chi connectivity index (χ0v) is 10.8. The van der Waals surface area contributed by atoms with E-state index in [1.807, 2.05) is 52.0 Å². The predicted octanol–water partition coefficient (Wildman–Crippen LogP) is 4.07. The Balaban J connectivity index is 2.82. The Morgan fingerprint density at radius 1 is 1.29 bits per heavy atom. The van der Waals surface area contributed by atoms with Gasteiger partial charge in [0.2, 0.25) is 0 Å². The van der Waals surface area contributed by atoms with Crippen molar-refractivity contribution in [1.82, 2.24) is 0 Å². The molecule has 17 heavy (non-hydrogen) atoms. The van der Waals surface area contributed by atoms with Crippen LogP contribution in [0.3, 0.4) is 0 Å². The van der Waals surface area contributed by atoms with Gasteiger partial charge >= 0.3 is 6.09 Å². The molecule has 0 unspecified atom stereocenters. The van der Waals surface area contributed by atoms with Gasteiger partial charge in [-0.15, -0.1) is 0 Å². The Kier molecular flexibility index (Phi) is 3.94. The van der Waals surface area contributed by atoms with Crippen molar-refractivity contribution in [1.29, 1.82) is 0 Å². The molecule has 0 saturated heterocycles. The van der Waals surface area contributed by atoms with Gasteiger partial charge in [0, 0.05) is 5.56 Å². The van der Waals surface area contributed by atoms with E-state index < -0.39 is 11.7 Å². The first-order valence-corrected chi connectivity index (χ1v) is 5.54. The van der Waals surface area contributed by atoms with E-state index in [1.165, 1.54) is 0 Å². The zero-order valence-electron chi connectivity index (χ0n) is 10.8. The van der Waals surface area contributed by atoms with E-state index in [-0.39, 0.29) is 0 Å². The molecule has 0 bridgehead atoms. The van der Waals surface area contributed by atoms with Gasteiger partial charge in [0.1, 0.15) is 5.60 Å². The minimum Gasteiger partial charge on any atom is -0.444 e. The summed E-state index contributed by atoms with van der Waals surface area (Å²) in [6.45, 7) is 11.3. The Morgan fingerprint density at radius 2 is 1.88 bits per heavy atom. The van der Waals surface area contributed by atoms with Gasteiger partial charge in [-0.05, 0) is 39.3 Å². The van der Waals surface area contributed by atoms with Crippen molar-refractivity contribution >= 4 is 17.4 Å². The van der Waals surface area contributed by atoms with Crippen molar-refractivity contribution in [2.45, 2.75) is 33.3 Å². The number of hydrogen-bond acceptors (Lipinski definition) is 2. The molecule has 0 spiro atoms. The third kappa shape index (κ3) is 4.31. The molecule has 1 aromatic rings. The standard InChI is InChI=1S/C14H19NO2/c1-10(2)11-8-6-7-9-12(11)15-13(16)17-14(3,4)5/h6-9H,1H2,2-5H3,(H,15,16). The molecule has 1 amide bonds. The van der Waals surface area contributed by atoms with E-state index in [0.29, 0.717) is 5.69 Å². The van der Waals surface area contributed by atoms with Gasteiger partial charge in [0.05, 0.1) is 5.69 Å². The van der Waals surface area contributed by atoms with Gasteiger partial charge in [-0.3, -0.25) is 5.32 Å². The predicted molar refractivity (Wildman–Crippen MR) is 71.0 cm³/mol. The third-order valence-electron chi connectivity index (χ3n) is 2.02. The lowest BCUT2D eigenvalue weighted by Crippen LogP contribution is -2.27. The molecule has 3 heteroatoms. The number of carbonyl (C=O) groups is 1. The lowest BCUT2D eigenvalue weighted by atomic mass is 10.1. The Hall–Kier alpha value is -1.77. The summed E-state index contributed by atoms with van der Waals surface area (Å²) in [7, 11) is 0. The highest BCUT2D eigenvalue weighted by molar-refractivity contribution is 5.89. The molecule has 3 nitrogen and oxygen atoms in total. The number of amides is 1. The van der Waals surface area contributed by atoms with Crippen LogP contribution < -0.4 is 5.32 Å². The highest BCUT2D eigenvalue weighted by Crippen LogP contribution is 2.22. The highest BCUT2D eigenvalue weighted by Gasteiger charge is 2.16. The number of benzene rings is 1. The number of nitrogens with one attached hydrogen (secondary N) is 1. The summed E-state index contributed by atoms with van der Waals surface area (Å²) in [6.07, 6.45) is -0.453. The van der Waals surface area contributed by atoms with E-state index in [4.69, 9.17) is 4.74 Å². The van der Waals surface area contributed by atoms with Gasteiger partial charge in [-0.1, -0.05) is 24.8 Å². The SMILES string of the molecule is C=C(C)c1ccccc1NC(=O)OC(C)(C)C. The first-order valence-electron chi connectivity index (χ1n) is 5.54. The molecule has 0 atom stereocenters. The number of para-hydroxylation sites is 1. The Morgan fingerprint density at radius 3 is 2.41 bits per heavy atom. The normalized spacial score (nSPS) is 10.8. The summed E-state index contributed by atoms with van der Waals surface area (Å²) in [5.41, 5.74) is 2.03. The molecule has 1 aromatic carbocycles. The molecule has 0 heterocycles. The molecule has 1 N–H and O–H groups in total. The first-order chi connectivity index (χ1) is 7.79. The van der Waals surface area contributed by atoms with E-state index in [9.17, 15) is 4.79 Å². The van der Waals surface area contributed by atoms with Crippen LogP contribution in [0, 0.1) is 0 Å². The summed E-state index contributed by atoms with van der Waals surface area (Å²) in [6, 6.07) is 7.51. The summed E-state index contributed by atoms with van der Waals surface area (Å²) < 4.78 is 5.20. The van der Waals surface area contributed by atoms with Crippen LogP contribution in [0.25, 0.3) is 5.57 Å². The minimum atomic E-state index is -0.498. The second kappa shape index (κ2) is 5.04. The van der Waals surface area contributed by atoms with E-state index >= 15 is 0 Å². The number of rotatable bonds is 2. The van der Waals surface area contributed by atoms with Crippen molar-refractivity contribution in [2.75, 3.05) is 5.32 Å². The maximum absolute atomic E-state index is 11.6. The smallest absolute Gasteiger partial charge is 0.412 e. The fourth-order valence-electron chi connectivity index (χ4n) is 1.38. The van der Waals surface area contributed by atoms with Crippen LogP contribution in [0.15, 0.2) is 30.8 Å². The van der Waals surface area contributed by atoms with Gasteiger partial charge in [0.15, 0.2) is 0 Å². The molecule has 0 saturated carbocycles. The fraction of sp³-hybridized carbons (Fsp3) is 0.357. The molecule has 1 rings (SSSR count). The van der Waals surface area contributed by atoms with Crippen LogP contribution in [0.1, 0.15) is 33.3 Å². The number of ether oxygens (including phenoxy) is 1. The zero-order chi connectivity index (χ0) is 13.1. The van der Waals surface area contributed by atoms with E-state index in [2.05, 4.69) is 11.9 Å². The van der Waals surface area contributed by atoms with Crippen LogP contribution in [0.5, 0.6) is 0 Å². The largest absolute Gasteiger partial charge is 0.444 e. The number of hydrogen-bond donors (Lipinski definition) is 1. The second-order valence-electron chi connectivity index (χ2n) is 4.95. The monoisotopic (exact) mass is 233 g/mol. The minimum absolute atomic E-state index is 0.453. The van der Waals surface area contributed by atoms with Crippen molar-refractivity contribution in [3.63, 3.8) is 0 Å². The number of allylic oxidation sites excluding steroid dienone is 1. The molecule has 0 radical (unpaired) electrons. The topological polar surface area (TPSA) is 38.3 Å². The van der Waals surface area contributed by atoms with Gasteiger partial charge in [-0.2, -0.15) is 0 Å². The van der Waals surface area contributed by atoms with Crippen LogP contribution in [-0.4, -0.2) is 11.7 Å². The van der Waals surface area contributed by atoms with Crippen LogP contribution >= 0.6 is 0 Å². The first kappa shape index (κ1) is 13.3. The fourth-order valence-corrected chi connectivity index (χ4v) is 1.38. The Bertz CT molecular complexity index is 430. The molecular weight excluding hydrogens is 214 g/mol. The lowest BCUT2D eigenvalue weighted by molar-refractivity contribution is 0.0636. The van der Waals surface area contributed by atoms with Crippen LogP contribution in [0.2, 0.25) is 0 Å². The molecule has 0 aliphatic rings. The molecular formula is C14H19NO2. The van der Waals surface area contributed by atoms with Crippen molar-refractivity contribution < 1.29 is 9.53 Å². The summed E-state index contributed by atoms with van der Waals surface area (Å²) in [5.74, 6) is 0. The summed E-state index contributed by atoms with van der Waals surface area (Å²) >= 11 is 0. The molecule has 92 valence electrons. The molecule has 0 aliphatic heterocycles. The second-order valence-corrected chi connectivity index (χ2v) is 4.95. The molecule has 0 aliphatic carbocycles. The van der Waals surface area contributed by atoms with E-state index in [1.54, 1.807) is 0 Å². The summed E-state index contributed by atoms with van der Waals surface area (Å²) in [5, 5.41) is 2.73. The average Bonchev–Trinajstić information content (AvgIpc) is 2.14. The van der Waals surface area contributed by atoms with Crippen molar-refractivity contribution in [2.24, 2.45) is 0 Å². The van der Waals surface area contributed by atoms with Gasteiger partial charge < -0.3 is 4.74 Å². The number of anilines is 1. The van der Waals surface area contributed by atoms with Crippen LogP contribution in [-0.2, 0) is 4.74 Å². The Labute approximate surface area is 102 Å². The van der Waals surface area contributed by atoms with Crippen molar-refractivity contribution in [3.8, 4) is 0 Å². The molecule has 0 fully saturated rings. The molecule has 0 aromatic heterocycles. The quantitative estimate of drug-likeness (QED) is 0.836. The average molecular weight is 233 g/mol. The van der Waals surface area contributed by atoms with Gasteiger partial charge in [0.25, 0.3) is 0 Å². The van der Waals surface area contributed by atoms with Crippen molar-refractivity contribution in [3.05, 3.63) is 36.4 Å². The van der Waals surface area contributed by atoms with Crippen LogP contribution in [0.4, 0.5) is 10.5 Å².